The van der Waals surface area contributed by atoms with Crippen molar-refractivity contribution in [1.29, 1.82) is 0 Å². The second-order valence-corrected chi connectivity index (χ2v) is 5.90. The number of carbonyl (C=O) groups excluding carboxylic acids is 2. The minimum absolute atomic E-state index is 0.193. The molecule has 3 amide bonds. The van der Waals surface area contributed by atoms with Crippen LogP contribution < -0.4 is 16.4 Å². The normalized spacial score (nSPS) is 12.2. The molecule has 0 aliphatic heterocycles. The molecule has 5 N–H and O–H groups in total. The Kier molecular flexibility index (Phi) is 10.4. The molecule has 0 saturated carbocycles. The van der Waals surface area contributed by atoms with Gasteiger partial charge < -0.3 is 21.5 Å². The molecule has 0 aromatic carbocycles. The van der Waals surface area contributed by atoms with E-state index in [-0.39, 0.29) is 12.5 Å². The molecular formula is C12H25N3O3S. The van der Waals surface area contributed by atoms with Crippen LogP contribution in [-0.2, 0) is 4.79 Å². The van der Waals surface area contributed by atoms with Crippen LogP contribution in [0.25, 0.3) is 0 Å². The van der Waals surface area contributed by atoms with Crippen LogP contribution in [0, 0.1) is 5.92 Å². The maximum Gasteiger partial charge on any atom is 0.312 e. The first kappa shape index (κ1) is 18.0. The first-order chi connectivity index (χ1) is 8.97. The third kappa shape index (κ3) is 10.6. The first-order valence-electron chi connectivity index (χ1n) is 6.49. The van der Waals surface area contributed by atoms with E-state index < -0.39 is 12.1 Å². The zero-order valence-electron chi connectivity index (χ0n) is 11.6. The van der Waals surface area contributed by atoms with Crippen molar-refractivity contribution in [1.82, 2.24) is 10.6 Å². The lowest BCUT2D eigenvalue weighted by molar-refractivity contribution is -0.123. The molecule has 0 saturated heterocycles. The Morgan fingerprint density at radius 2 is 2.00 bits per heavy atom. The monoisotopic (exact) mass is 291 g/mol. The molecule has 7 heteroatoms. The molecule has 0 rings (SSSR count). The van der Waals surface area contributed by atoms with E-state index in [1.54, 1.807) is 11.8 Å². The Morgan fingerprint density at radius 3 is 2.53 bits per heavy atom. The zero-order valence-corrected chi connectivity index (χ0v) is 12.5. The highest BCUT2D eigenvalue weighted by Crippen LogP contribution is 2.05. The molecule has 112 valence electrons. The van der Waals surface area contributed by atoms with Gasteiger partial charge in [0.1, 0.15) is 6.04 Å². The van der Waals surface area contributed by atoms with Crippen LogP contribution in [0.5, 0.6) is 0 Å². The van der Waals surface area contributed by atoms with Gasteiger partial charge in [-0.2, -0.15) is 11.8 Å². The van der Waals surface area contributed by atoms with Gasteiger partial charge in [0.2, 0.25) is 5.91 Å². The number of nitrogens with two attached hydrogens (primary N) is 1. The van der Waals surface area contributed by atoms with E-state index in [2.05, 4.69) is 10.6 Å². The number of aliphatic hydroxyl groups excluding tert-OH is 1. The molecule has 0 fully saturated rings. The lowest BCUT2D eigenvalue weighted by Gasteiger charge is -2.19. The number of hydrogen-bond donors (Lipinski definition) is 4. The molecule has 0 heterocycles. The largest absolute Gasteiger partial charge is 0.396 e. The molecule has 19 heavy (non-hydrogen) atoms. The van der Waals surface area contributed by atoms with E-state index in [1.807, 2.05) is 13.8 Å². The summed E-state index contributed by atoms with van der Waals surface area (Å²) in [6.45, 7) is 4.70. The van der Waals surface area contributed by atoms with Gasteiger partial charge in [0.15, 0.2) is 0 Å². The van der Waals surface area contributed by atoms with Gasteiger partial charge in [-0.1, -0.05) is 13.8 Å². The fourth-order valence-corrected chi connectivity index (χ4v) is 2.30. The van der Waals surface area contributed by atoms with Gasteiger partial charge in [0.05, 0.1) is 0 Å². The summed E-state index contributed by atoms with van der Waals surface area (Å²) in [5, 5.41) is 13.9. The molecule has 1 atom stereocenters. The molecule has 0 aromatic heterocycles. The van der Waals surface area contributed by atoms with Crippen LogP contribution in [0.2, 0.25) is 0 Å². The number of primary amides is 1. The molecule has 0 bridgehead atoms. The van der Waals surface area contributed by atoms with Gasteiger partial charge in [-0.3, -0.25) is 4.79 Å². The van der Waals surface area contributed by atoms with Crippen LogP contribution in [0.3, 0.4) is 0 Å². The summed E-state index contributed by atoms with van der Waals surface area (Å²) in [5.41, 5.74) is 5.06. The van der Waals surface area contributed by atoms with E-state index in [0.29, 0.717) is 18.9 Å². The lowest BCUT2D eigenvalue weighted by Crippen LogP contribution is -2.49. The van der Waals surface area contributed by atoms with Crippen LogP contribution in [-0.4, -0.2) is 47.7 Å². The van der Waals surface area contributed by atoms with Crippen molar-refractivity contribution < 1.29 is 14.7 Å². The third-order valence-corrected chi connectivity index (χ3v) is 3.40. The molecule has 1 unspecified atom stereocenters. The molecule has 0 aromatic rings. The zero-order chi connectivity index (χ0) is 14.7. The summed E-state index contributed by atoms with van der Waals surface area (Å²) in [5.74, 6) is 1.76. The Hall–Kier alpha value is -0.950. The number of rotatable bonds is 10. The van der Waals surface area contributed by atoms with E-state index in [0.717, 1.165) is 17.9 Å². The summed E-state index contributed by atoms with van der Waals surface area (Å²) in [6, 6.07) is -1.25. The average molecular weight is 291 g/mol. The topological polar surface area (TPSA) is 104 Å². The van der Waals surface area contributed by atoms with Crippen LogP contribution in [0.4, 0.5) is 4.79 Å². The van der Waals surface area contributed by atoms with E-state index in [4.69, 9.17) is 10.8 Å². The molecular weight excluding hydrogens is 266 g/mol. The number of hydrogen-bond acceptors (Lipinski definition) is 4. The average Bonchev–Trinajstić information content (AvgIpc) is 2.31. The predicted octanol–water partition coefficient (Wildman–Crippen LogP) is 0.301. The fourth-order valence-electron chi connectivity index (χ4n) is 1.51. The predicted molar refractivity (Wildman–Crippen MR) is 78.0 cm³/mol. The van der Waals surface area contributed by atoms with Crippen LogP contribution >= 0.6 is 11.8 Å². The lowest BCUT2D eigenvalue weighted by atomic mass is 10.0. The number of carbonyl (C=O) groups is 2. The van der Waals surface area contributed by atoms with Gasteiger partial charge in [-0.25, -0.2) is 4.79 Å². The molecule has 0 aliphatic carbocycles. The summed E-state index contributed by atoms with van der Waals surface area (Å²) in [6.07, 6.45) is 1.32. The molecule has 0 aliphatic rings. The van der Waals surface area contributed by atoms with Crippen LogP contribution in [0.15, 0.2) is 0 Å². The number of urea groups is 1. The van der Waals surface area contributed by atoms with Crippen molar-refractivity contribution in [3.8, 4) is 0 Å². The highest BCUT2D eigenvalue weighted by atomic mass is 32.2. The molecule has 0 radical (unpaired) electrons. The van der Waals surface area contributed by atoms with Gasteiger partial charge in [-0.05, 0) is 24.5 Å². The summed E-state index contributed by atoms with van der Waals surface area (Å²) >= 11 is 1.67. The Bertz CT molecular complexity index is 275. The van der Waals surface area contributed by atoms with Crippen molar-refractivity contribution in [2.45, 2.75) is 32.7 Å². The van der Waals surface area contributed by atoms with Gasteiger partial charge >= 0.3 is 6.03 Å². The number of nitrogens with one attached hydrogen (secondary N) is 2. The molecule has 0 spiro atoms. The van der Waals surface area contributed by atoms with Crippen molar-refractivity contribution in [3.05, 3.63) is 0 Å². The highest BCUT2D eigenvalue weighted by Gasteiger charge is 2.20. The third-order valence-electron chi connectivity index (χ3n) is 2.33. The van der Waals surface area contributed by atoms with Crippen molar-refractivity contribution >= 4 is 23.7 Å². The van der Waals surface area contributed by atoms with E-state index in [1.165, 1.54) is 0 Å². The maximum atomic E-state index is 11.9. The fraction of sp³-hybridized carbons (Fsp3) is 0.833. The standard InChI is InChI=1S/C12H25N3O3S/c1-9(2)8-10(15-12(13)18)11(17)14-4-7-19-6-3-5-16/h9-10,16H,3-8H2,1-2H3,(H,14,17)(H3,13,15,18). The van der Waals surface area contributed by atoms with Gasteiger partial charge in [0, 0.05) is 18.9 Å². The second-order valence-electron chi connectivity index (χ2n) is 4.67. The smallest absolute Gasteiger partial charge is 0.312 e. The summed E-state index contributed by atoms with van der Waals surface area (Å²) in [4.78, 5) is 22.7. The summed E-state index contributed by atoms with van der Waals surface area (Å²) < 4.78 is 0. The van der Waals surface area contributed by atoms with Crippen molar-refractivity contribution in [3.63, 3.8) is 0 Å². The Morgan fingerprint density at radius 1 is 1.32 bits per heavy atom. The SMILES string of the molecule is CC(C)CC(NC(N)=O)C(=O)NCCSCCCO. The second kappa shape index (κ2) is 10.9. The summed E-state index contributed by atoms with van der Waals surface area (Å²) in [7, 11) is 0. The first-order valence-corrected chi connectivity index (χ1v) is 7.65. The van der Waals surface area contributed by atoms with Gasteiger partial charge in [-0.15, -0.1) is 0 Å². The highest BCUT2D eigenvalue weighted by molar-refractivity contribution is 7.99. The van der Waals surface area contributed by atoms with Gasteiger partial charge in [0.25, 0.3) is 0 Å². The number of aliphatic hydroxyl groups is 1. The minimum Gasteiger partial charge on any atom is -0.396 e. The Balaban J connectivity index is 3.93. The molecule has 6 nitrogen and oxygen atoms in total. The Labute approximate surface area is 118 Å². The quantitative estimate of drug-likeness (QED) is 0.435. The number of amides is 3. The van der Waals surface area contributed by atoms with E-state index >= 15 is 0 Å². The number of thioether (sulfide) groups is 1. The van der Waals surface area contributed by atoms with E-state index in [9.17, 15) is 9.59 Å². The van der Waals surface area contributed by atoms with Crippen molar-refractivity contribution in [2.24, 2.45) is 11.7 Å². The minimum atomic E-state index is -0.682. The van der Waals surface area contributed by atoms with Crippen LogP contribution in [0.1, 0.15) is 26.7 Å². The maximum absolute atomic E-state index is 11.9. The van der Waals surface area contributed by atoms with Crippen molar-refractivity contribution in [2.75, 3.05) is 24.7 Å².